The van der Waals surface area contributed by atoms with Crippen molar-refractivity contribution < 1.29 is 0 Å². The number of aromatic nitrogens is 1. The molecule has 0 fully saturated rings. The van der Waals surface area contributed by atoms with Crippen LogP contribution in [-0.4, -0.2) is 12.0 Å². The molecule has 0 radical (unpaired) electrons. The standard InChI is InChI=1S/C11H12N2S/c1-12-8-9-4-2-5-10(13-9)11-6-3-7-14-11/h2-7,12H,8H2,1H3. The molecule has 0 unspecified atom stereocenters. The molecule has 0 bridgehead atoms. The molecule has 2 rings (SSSR count). The van der Waals surface area contributed by atoms with Crippen molar-refractivity contribution in [3.05, 3.63) is 41.4 Å². The van der Waals surface area contributed by atoms with Crippen LogP contribution in [0.25, 0.3) is 10.6 Å². The summed E-state index contributed by atoms with van der Waals surface area (Å²) >= 11 is 1.72. The first-order valence-corrected chi connectivity index (χ1v) is 5.42. The quantitative estimate of drug-likeness (QED) is 0.831. The molecular formula is C11H12N2S. The molecule has 0 atom stereocenters. The van der Waals surface area contributed by atoms with E-state index in [2.05, 4.69) is 27.8 Å². The number of nitrogens with zero attached hydrogens (tertiary/aromatic N) is 1. The smallest absolute Gasteiger partial charge is 0.0805 e. The van der Waals surface area contributed by atoms with Gasteiger partial charge < -0.3 is 5.32 Å². The first-order chi connectivity index (χ1) is 6.90. The Morgan fingerprint density at radius 1 is 1.29 bits per heavy atom. The van der Waals surface area contributed by atoms with E-state index in [0.717, 1.165) is 17.9 Å². The molecule has 2 nitrogen and oxygen atoms in total. The Balaban J connectivity index is 2.31. The van der Waals surface area contributed by atoms with E-state index in [0.29, 0.717) is 0 Å². The van der Waals surface area contributed by atoms with Gasteiger partial charge >= 0.3 is 0 Å². The average Bonchev–Trinajstić information content (AvgIpc) is 2.71. The lowest BCUT2D eigenvalue weighted by Gasteiger charge is -2.01. The third-order valence-electron chi connectivity index (χ3n) is 1.94. The highest BCUT2D eigenvalue weighted by Gasteiger charge is 2.00. The number of nitrogens with one attached hydrogen (secondary N) is 1. The predicted octanol–water partition coefficient (Wildman–Crippen LogP) is 2.53. The average molecular weight is 204 g/mol. The first kappa shape index (κ1) is 9.37. The summed E-state index contributed by atoms with van der Waals surface area (Å²) < 4.78 is 0. The fourth-order valence-corrected chi connectivity index (χ4v) is 2.02. The van der Waals surface area contributed by atoms with Crippen molar-refractivity contribution in [2.24, 2.45) is 0 Å². The second-order valence-electron chi connectivity index (χ2n) is 3.02. The Bertz CT molecular complexity index is 395. The fourth-order valence-electron chi connectivity index (χ4n) is 1.32. The van der Waals surface area contributed by atoms with Crippen LogP contribution < -0.4 is 5.32 Å². The highest BCUT2D eigenvalue weighted by molar-refractivity contribution is 7.13. The molecule has 0 aliphatic heterocycles. The summed E-state index contributed by atoms with van der Waals surface area (Å²) in [6.45, 7) is 0.819. The highest BCUT2D eigenvalue weighted by Crippen LogP contribution is 2.22. The normalized spacial score (nSPS) is 10.4. The molecule has 0 spiro atoms. The van der Waals surface area contributed by atoms with Crippen molar-refractivity contribution in [3.8, 4) is 10.6 Å². The summed E-state index contributed by atoms with van der Waals surface area (Å²) in [5.41, 5.74) is 2.14. The molecule has 0 aromatic carbocycles. The van der Waals surface area contributed by atoms with Crippen molar-refractivity contribution in [2.45, 2.75) is 6.54 Å². The molecule has 72 valence electrons. The van der Waals surface area contributed by atoms with Gasteiger partial charge in [0.2, 0.25) is 0 Å². The van der Waals surface area contributed by atoms with E-state index in [1.807, 2.05) is 25.2 Å². The van der Waals surface area contributed by atoms with E-state index in [1.165, 1.54) is 4.88 Å². The summed E-state index contributed by atoms with van der Waals surface area (Å²) in [6.07, 6.45) is 0. The Hall–Kier alpha value is -1.19. The second kappa shape index (κ2) is 4.35. The van der Waals surface area contributed by atoms with Crippen molar-refractivity contribution in [1.82, 2.24) is 10.3 Å². The summed E-state index contributed by atoms with van der Waals surface area (Å²) in [5.74, 6) is 0. The van der Waals surface area contributed by atoms with E-state index < -0.39 is 0 Å². The topological polar surface area (TPSA) is 24.9 Å². The monoisotopic (exact) mass is 204 g/mol. The van der Waals surface area contributed by atoms with Crippen LogP contribution in [0.5, 0.6) is 0 Å². The Morgan fingerprint density at radius 2 is 2.21 bits per heavy atom. The van der Waals surface area contributed by atoms with E-state index in [4.69, 9.17) is 0 Å². The van der Waals surface area contributed by atoms with Crippen molar-refractivity contribution in [3.63, 3.8) is 0 Å². The first-order valence-electron chi connectivity index (χ1n) is 4.54. The van der Waals surface area contributed by atoms with Crippen LogP contribution in [0.15, 0.2) is 35.7 Å². The number of thiophene rings is 1. The van der Waals surface area contributed by atoms with Gasteiger partial charge in [0, 0.05) is 6.54 Å². The van der Waals surface area contributed by atoms with Crippen LogP contribution in [0.1, 0.15) is 5.69 Å². The van der Waals surface area contributed by atoms with Crippen LogP contribution in [-0.2, 0) is 6.54 Å². The van der Waals surface area contributed by atoms with Gasteiger partial charge in [-0.1, -0.05) is 12.1 Å². The zero-order valence-electron chi connectivity index (χ0n) is 8.03. The van der Waals surface area contributed by atoms with Crippen LogP contribution in [0.4, 0.5) is 0 Å². The van der Waals surface area contributed by atoms with Gasteiger partial charge in [-0.05, 0) is 30.6 Å². The van der Waals surface area contributed by atoms with Crippen molar-refractivity contribution >= 4 is 11.3 Å². The number of pyridine rings is 1. The minimum absolute atomic E-state index is 0.819. The number of hydrogen-bond donors (Lipinski definition) is 1. The van der Waals surface area contributed by atoms with Crippen LogP contribution in [0.3, 0.4) is 0 Å². The van der Waals surface area contributed by atoms with Gasteiger partial charge in [-0.25, -0.2) is 0 Å². The van der Waals surface area contributed by atoms with Crippen molar-refractivity contribution in [2.75, 3.05) is 7.05 Å². The van der Waals surface area contributed by atoms with Gasteiger partial charge in [0.25, 0.3) is 0 Å². The molecular weight excluding hydrogens is 192 g/mol. The Labute approximate surface area is 87.6 Å². The number of rotatable bonds is 3. The van der Waals surface area contributed by atoms with E-state index in [1.54, 1.807) is 11.3 Å². The molecule has 14 heavy (non-hydrogen) atoms. The van der Waals surface area contributed by atoms with E-state index in [9.17, 15) is 0 Å². The molecule has 2 heterocycles. The summed E-state index contributed by atoms with van der Waals surface area (Å²) in [4.78, 5) is 5.78. The Kier molecular flexibility index (Phi) is 2.91. The lowest BCUT2D eigenvalue weighted by atomic mass is 10.2. The maximum absolute atomic E-state index is 4.55. The summed E-state index contributed by atoms with van der Waals surface area (Å²) in [6, 6.07) is 10.3. The Morgan fingerprint density at radius 3 is 2.93 bits per heavy atom. The summed E-state index contributed by atoms with van der Waals surface area (Å²) in [5, 5.41) is 5.17. The minimum Gasteiger partial charge on any atom is -0.314 e. The van der Waals surface area contributed by atoms with E-state index in [-0.39, 0.29) is 0 Å². The fraction of sp³-hybridized carbons (Fsp3) is 0.182. The molecule has 0 amide bonds. The molecule has 2 aromatic heterocycles. The molecule has 0 saturated heterocycles. The minimum atomic E-state index is 0.819. The molecule has 3 heteroatoms. The maximum Gasteiger partial charge on any atom is 0.0805 e. The van der Waals surface area contributed by atoms with Gasteiger partial charge in [0.15, 0.2) is 0 Å². The maximum atomic E-state index is 4.55. The largest absolute Gasteiger partial charge is 0.314 e. The molecule has 0 saturated carbocycles. The van der Waals surface area contributed by atoms with Crippen LogP contribution in [0.2, 0.25) is 0 Å². The van der Waals surface area contributed by atoms with Gasteiger partial charge in [-0.3, -0.25) is 4.98 Å². The third-order valence-corrected chi connectivity index (χ3v) is 2.83. The number of hydrogen-bond acceptors (Lipinski definition) is 3. The second-order valence-corrected chi connectivity index (χ2v) is 3.97. The zero-order valence-corrected chi connectivity index (χ0v) is 8.84. The lowest BCUT2D eigenvalue weighted by molar-refractivity contribution is 0.792. The SMILES string of the molecule is CNCc1cccc(-c2cccs2)n1. The van der Waals surface area contributed by atoms with Gasteiger partial charge in [-0.15, -0.1) is 11.3 Å². The van der Waals surface area contributed by atoms with Gasteiger partial charge in [-0.2, -0.15) is 0 Å². The molecule has 2 aromatic rings. The highest BCUT2D eigenvalue weighted by atomic mass is 32.1. The third kappa shape index (κ3) is 2.00. The zero-order chi connectivity index (χ0) is 9.80. The van der Waals surface area contributed by atoms with Gasteiger partial charge in [0.05, 0.1) is 16.3 Å². The van der Waals surface area contributed by atoms with Crippen LogP contribution in [0, 0.1) is 0 Å². The van der Waals surface area contributed by atoms with Gasteiger partial charge in [0.1, 0.15) is 0 Å². The molecule has 0 aliphatic carbocycles. The van der Waals surface area contributed by atoms with Crippen LogP contribution >= 0.6 is 11.3 Å². The van der Waals surface area contributed by atoms with Crippen molar-refractivity contribution in [1.29, 1.82) is 0 Å². The predicted molar refractivity (Wildman–Crippen MR) is 60.3 cm³/mol. The molecule has 1 N–H and O–H groups in total. The van der Waals surface area contributed by atoms with E-state index >= 15 is 0 Å². The molecule has 0 aliphatic rings. The lowest BCUT2D eigenvalue weighted by Crippen LogP contribution is -2.06. The summed E-state index contributed by atoms with van der Waals surface area (Å²) in [7, 11) is 1.93.